The normalized spacial score (nSPS) is 24.5. The van der Waals surface area contributed by atoms with Crippen molar-refractivity contribution in [2.24, 2.45) is 11.8 Å². The lowest BCUT2D eigenvalue weighted by molar-refractivity contribution is 0.110. The first-order chi connectivity index (χ1) is 9.16. The molecule has 1 saturated heterocycles. The van der Waals surface area contributed by atoms with Crippen molar-refractivity contribution in [3.8, 4) is 5.75 Å². The van der Waals surface area contributed by atoms with Crippen LogP contribution in [-0.2, 0) is 0 Å². The van der Waals surface area contributed by atoms with E-state index in [0.717, 1.165) is 38.4 Å². The van der Waals surface area contributed by atoms with E-state index in [1.807, 2.05) is 0 Å². The van der Waals surface area contributed by atoms with Crippen LogP contribution in [0.15, 0.2) is 12.1 Å². The number of rotatable bonds is 4. The van der Waals surface area contributed by atoms with E-state index in [2.05, 4.69) is 5.32 Å². The fourth-order valence-electron chi connectivity index (χ4n) is 2.71. The summed E-state index contributed by atoms with van der Waals surface area (Å²) in [5.74, 6) is -1.05. The van der Waals surface area contributed by atoms with Crippen LogP contribution in [0.25, 0.3) is 0 Å². The molecule has 2 atom stereocenters. The standard InChI is InChI=1S/C14H16ClF2NO/c15-10-3-4-11(16)14(12(10)17)19-13(8-1-2-8)9-5-6-18-7-9/h3-4,8-9,13,18H,1-2,5-7H2/t9-,13-/m0/s1. The highest BCUT2D eigenvalue weighted by atomic mass is 35.5. The Balaban J connectivity index is 1.83. The second-order valence-electron chi connectivity index (χ2n) is 5.35. The molecule has 0 unspecified atom stereocenters. The molecule has 1 aliphatic carbocycles. The van der Waals surface area contributed by atoms with Crippen molar-refractivity contribution in [2.45, 2.75) is 25.4 Å². The Kier molecular flexibility index (Phi) is 3.63. The second-order valence-corrected chi connectivity index (χ2v) is 5.75. The number of ether oxygens (including phenoxy) is 1. The average molecular weight is 288 g/mol. The zero-order valence-corrected chi connectivity index (χ0v) is 11.2. The largest absolute Gasteiger partial charge is 0.484 e. The topological polar surface area (TPSA) is 21.3 Å². The third-order valence-corrected chi connectivity index (χ3v) is 4.20. The molecule has 5 heteroatoms. The van der Waals surface area contributed by atoms with Crippen molar-refractivity contribution >= 4 is 11.6 Å². The van der Waals surface area contributed by atoms with E-state index in [-0.39, 0.29) is 16.9 Å². The van der Waals surface area contributed by atoms with Crippen molar-refractivity contribution in [3.63, 3.8) is 0 Å². The summed E-state index contributed by atoms with van der Waals surface area (Å²) in [6, 6.07) is 2.36. The summed E-state index contributed by atoms with van der Waals surface area (Å²) >= 11 is 5.69. The lowest BCUT2D eigenvalue weighted by Crippen LogP contribution is -2.31. The van der Waals surface area contributed by atoms with Crippen LogP contribution >= 0.6 is 11.6 Å². The van der Waals surface area contributed by atoms with Crippen LogP contribution in [0.2, 0.25) is 5.02 Å². The van der Waals surface area contributed by atoms with Gasteiger partial charge in [-0.3, -0.25) is 0 Å². The maximum atomic E-state index is 13.9. The lowest BCUT2D eigenvalue weighted by Gasteiger charge is -2.24. The van der Waals surface area contributed by atoms with Crippen LogP contribution in [0.3, 0.4) is 0 Å². The van der Waals surface area contributed by atoms with Gasteiger partial charge < -0.3 is 10.1 Å². The van der Waals surface area contributed by atoms with Gasteiger partial charge in [0, 0.05) is 12.5 Å². The minimum absolute atomic E-state index is 0.101. The van der Waals surface area contributed by atoms with E-state index in [4.69, 9.17) is 16.3 Å². The summed E-state index contributed by atoms with van der Waals surface area (Å²) in [5.41, 5.74) is 0. The maximum Gasteiger partial charge on any atom is 0.192 e. The first-order valence-corrected chi connectivity index (χ1v) is 7.05. The molecule has 2 aliphatic rings. The van der Waals surface area contributed by atoms with Gasteiger partial charge in [-0.2, -0.15) is 0 Å². The van der Waals surface area contributed by atoms with Gasteiger partial charge in [0.15, 0.2) is 17.4 Å². The summed E-state index contributed by atoms with van der Waals surface area (Å²) < 4.78 is 33.3. The number of benzene rings is 1. The van der Waals surface area contributed by atoms with E-state index in [9.17, 15) is 8.78 Å². The van der Waals surface area contributed by atoms with Gasteiger partial charge in [0.05, 0.1) is 5.02 Å². The highest BCUT2D eigenvalue weighted by Gasteiger charge is 2.40. The predicted molar refractivity (Wildman–Crippen MR) is 69.5 cm³/mol. The second kappa shape index (κ2) is 5.25. The first-order valence-electron chi connectivity index (χ1n) is 6.67. The van der Waals surface area contributed by atoms with Gasteiger partial charge in [-0.25, -0.2) is 8.78 Å². The smallest absolute Gasteiger partial charge is 0.192 e. The van der Waals surface area contributed by atoms with Crippen molar-refractivity contribution < 1.29 is 13.5 Å². The fourth-order valence-corrected chi connectivity index (χ4v) is 2.86. The van der Waals surface area contributed by atoms with E-state index in [1.54, 1.807) is 0 Å². The van der Waals surface area contributed by atoms with E-state index < -0.39 is 11.6 Å². The van der Waals surface area contributed by atoms with Gasteiger partial charge >= 0.3 is 0 Å². The molecule has 1 aliphatic heterocycles. The maximum absolute atomic E-state index is 13.9. The minimum atomic E-state index is -0.793. The number of hydrogen-bond donors (Lipinski definition) is 1. The Morgan fingerprint density at radius 2 is 2.00 bits per heavy atom. The molecular weight excluding hydrogens is 272 g/mol. The zero-order valence-electron chi connectivity index (χ0n) is 10.5. The molecule has 1 heterocycles. The number of hydrogen-bond acceptors (Lipinski definition) is 2. The monoisotopic (exact) mass is 287 g/mol. The first kappa shape index (κ1) is 13.1. The van der Waals surface area contributed by atoms with Gasteiger partial charge in [-0.15, -0.1) is 0 Å². The van der Waals surface area contributed by atoms with E-state index in [1.165, 1.54) is 6.07 Å². The van der Waals surface area contributed by atoms with Crippen LogP contribution in [0.1, 0.15) is 19.3 Å². The Bertz CT molecular complexity index is 473. The Hall–Kier alpha value is -0.870. The Labute approximate surface area is 116 Å². The van der Waals surface area contributed by atoms with Gasteiger partial charge in [0.1, 0.15) is 6.10 Å². The predicted octanol–water partition coefficient (Wildman–Crippen LogP) is 3.39. The summed E-state index contributed by atoms with van der Waals surface area (Å²) in [6.07, 6.45) is 3.03. The molecule has 2 nitrogen and oxygen atoms in total. The third kappa shape index (κ3) is 2.70. The molecule has 1 N–H and O–H groups in total. The quantitative estimate of drug-likeness (QED) is 0.857. The number of nitrogens with one attached hydrogen (secondary N) is 1. The Morgan fingerprint density at radius 1 is 1.21 bits per heavy atom. The van der Waals surface area contributed by atoms with Crippen molar-refractivity contribution in [3.05, 3.63) is 28.8 Å². The van der Waals surface area contributed by atoms with Crippen LogP contribution in [-0.4, -0.2) is 19.2 Å². The molecule has 1 saturated carbocycles. The summed E-state index contributed by atoms with van der Waals surface area (Å²) in [7, 11) is 0. The molecule has 0 amide bonds. The molecular formula is C14H16ClF2NO. The summed E-state index contributed by atoms with van der Waals surface area (Å²) in [4.78, 5) is 0. The molecule has 0 aromatic heterocycles. The van der Waals surface area contributed by atoms with Crippen LogP contribution < -0.4 is 10.1 Å². The third-order valence-electron chi connectivity index (χ3n) is 3.91. The van der Waals surface area contributed by atoms with Crippen LogP contribution in [0.4, 0.5) is 8.78 Å². The highest BCUT2D eigenvalue weighted by Crippen LogP contribution is 2.41. The molecule has 1 aromatic rings. The molecule has 0 spiro atoms. The van der Waals surface area contributed by atoms with Gasteiger partial charge in [-0.1, -0.05) is 11.6 Å². The van der Waals surface area contributed by atoms with Gasteiger partial charge in [0.2, 0.25) is 0 Å². The Morgan fingerprint density at radius 3 is 2.63 bits per heavy atom. The van der Waals surface area contributed by atoms with Crippen molar-refractivity contribution in [1.29, 1.82) is 0 Å². The number of halogens is 3. The van der Waals surface area contributed by atoms with E-state index >= 15 is 0 Å². The summed E-state index contributed by atoms with van der Waals surface area (Å²) in [6.45, 7) is 1.79. The lowest BCUT2D eigenvalue weighted by atomic mass is 9.97. The molecule has 19 heavy (non-hydrogen) atoms. The van der Waals surface area contributed by atoms with Crippen LogP contribution in [0.5, 0.6) is 5.75 Å². The molecule has 104 valence electrons. The van der Waals surface area contributed by atoms with Gasteiger partial charge in [-0.05, 0) is 43.9 Å². The minimum Gasteiger partial charge on any atom is -0.484 e. The molecule has 0 bridgehead atoms. The zero-order chi connectivity index (χ0) is 13.4. The molecule has 1 aromatic carbocycles. The highest BCUT2D eigenvalue weighted by molar-refractivity contribution is 6.30. The van der Waals surface area contributed by atoms with Crippen molar-refractivity contribution in [2.75, 3.05) is 13.1 Å². The SMILES string of the molecule is Fc1ccc(Cl)c(F)c1O[C@@H](C1CC1)[C@H]1CCNC1. The van der Waals surface area contributed by atoms with Gasteiger partial charge in [0.25, 0.3) is 0 Å². The van der Waals surface area contributed by atoms with E-state index in [0.29, 0.717) is 11.8 Å². The van der Waals surface area contributed by atoms with Crippen molar-refractivity contribution in [1.82, 2.24) is 5.32 Å². The summed E-state index contributed by atoms with van der Waals surface area (Å²) in [5, 5.41) is 3.17. The van der Waals surface area contributed by atoms with Crippen LogP contribution in [0, 0.1) is 23.5 Å². The molecule has 2 fully saturated rings. The average Bonchev–Trinajstić information content (AvgIpc) is 3.09. The molecule has 0 radical (unpaired) electrons. The fraction of sp³-hybridized carbons (Fsp3) is 0.571. The molecule has 3 rings (SSSR count).